The maximum Gasteiger partial charge on any atom is 0.324 e. The van der Waals surface area contributed by atoms with Gasteiger partial charge in [0.2, 0.25) is 0 Å². The van der Waals surface area contributed by atoms with Crippen molar-refractivity contribution < 1.29 is 14.5 Å². The highest BCUT2D eigenvalue weighted by molar-refractivity contribution is 7.17. The smallest absolute Gasteiger partial charge is 0.324 e. The number of amides is 1. The Morgan fingerprint density at radius 1 is 1.31 bits per heavy atom. The van der Waals surface area contributed by atoms with Gasteiger partial charge in [-0.05, 0) is 17.7 Å². The van der Waals surface area contributed by atoms with Gasteiger partial charge in [0, 0.05) is 30.7 Å². The van der Waals surface area contributed by atoms with E-state index in [1.54, 1.807) is 0 Å². The number of benzene rings is 1. The first-order chi connectivity index (χ1) is 12.6. The molecule has 1 unspecified atom stereocenters. The lowest BCUT2D eigenvalue weighted by Gasteiger charge is -2.35. The van der Waals surface area contributed by atoms with Crippen LogP contribution in [0.3, 0.4) is 0 Å². The van der Waals surface area contributed by atoms with Gasteiger partial charge in [0.05, 0.1) is 29.1 Å². The minimum absolute atomic E-state index is 0.0500. The molecule has 1 aliphatic rings. The summed E-state index contributed by atoms with van der Waals surface area (Å²) in [5.74, 6) is -0.326. The summed E-state index contributed by atoms with van der Waals surface area (Å²) in [7, 11) is 0. The number of carbonyl (C=O) groups excluding carboxylic acids is 1. The minimum atomic E-state index is -0.498. The number of nitro groups is 1. The lowest BCUT2D eigenvalue weighted by Crippen LogP contribution is -2.43. The van der Waals surface area contributed by atoms with E-state index in [0.29, 0.717) is 29.7 Å². The van der Waals surface area contributed by atoms with E-state index >= 15 is 0 Å². The second-order valence-corrected chi connectivity index (χ2v) is 7.26. The number of ether oxygens (including phenoxy) is 1. The van der Waals surface area contributed by atoms with Crippen LogP contribution >= 0.6 is 22.9 Å². The quantitative estimate of drug-likeness (QED) is 0.600. The number of hydrogen-bond donors (Lipinski definition) is 1. The molecule has 1 aliphatic heterocycles. The average Bonchev–Trinajstić information content (AvgIpc) is 3.15. The second-order valence-electron chi connectivity index (χ2n) is 5.79. The van der Waals surface area contributed by atoms with Gasteiger partial charge in [0.25, 0.3) is 5.91 Å². The van der Waals surface area contributed by atoms with Gasteiger partial charge < -0.3 is 10.1 Å². The van der Waals surface area contributed by atoms with Gasteiger partial charge in [-0.3, -0.25) is 19.8 Å². The summed E-state index contributed by atoms with van der Waals surface area (Å²) >= 11 is 7.23. The number of thiophene rings is 1. The monoisotopic (exact) mass is 395 g/mol. The highest BCUT2D eigenvalue weighted by Gasteiger charge is 2.25. The molecule has 0 saturated carbocycles. The van der Waals surface area contributed by atoms with Gasteiger partial charge in [-0.1, -0.05) is 41.1 Å². The lowest BCUT2D eigenvalue weighted by atomic mass is 10.0. The molecule has 1 N–H and O–H groups in total. The molecule has 138 valence electrons. The Morgan fingerprint density at radius 2 is 2.04 bits per heavy atom. The summed E-state index contributed by atoms with van der Waals surface area (Å²) in [6.07, 6.45) is 0. The van der Waals surface area contributed by atoms with Crippen LogP contribution in [0.25, 0.3) is 0 Å². The van der Waals surface area contributed by atoms with Gasteiger partial charge in [0.1, 0.15) is 0 Å². The third-order valence-corrected chi connectivity index (χ3v) is 5.58. The van der Waals surface area contributed by atoms with Crippen LogP contribution in [0.2, 0.25) is 5.02 Å². The van der Waals surface area contributed by atoms with Crippen LogP contribution in [0.15, 0.2) is 36.4 Å². The molecular formula is C17H18ClN3O4S. The van der Waals surface area contributed by atoms with Crippen LogP contribution < -0.4 is 5.32 Å². The van der Waals surface area contributed by atoms with E-state index in [1.807, 2.05) is 24.3 Å². The fourth-order valence-electron chi connectivity index (χ4n) is 2.89. The molecule has 1 fully saturated rings. The molecule has 0 radical (unpaired) electrons. The van der Waals surface area contributed by atoms with Crippen LogP contribution in [0, 0.1) is 10.1 Å². The normalized spacial score (nSPS) is 16.2. The Kier molecular flexibility index (Phi) is 6.20. The molecule has 7 nitrogen and oxygen atoms in total. The van der Waals surface area contributed by atoms with Crippen molar-refractivity contribution in [3.63, 3.8) is 0 Å². The number of nitrogens with one attached hydrogen (secondary N) is 1. The summed E-state index contributed by atoms with van der Waals surface area (Å²) in [6, 6.07) is 10.3. The molecule has 1 atom stereocenters. The van der Waals surface area contributed by atoms with E-state index in [1.165, 1.54) is 12.1 Å². The molecule has 3 rings (SSSR count). The summed E-state index contributed by atoms with van der Waals surface area (Å²) in [5, 5.41) is 14.3. The van der Waals surface area contributed by atoms with Gasteiger partial charge >= 0.3 is 5.00 Å². The van der Waals surface area contributed by atoms with Crippen molar-refractivity contribution in [1.29, 1.82) is 0 Å². The molecule has 1 aromatic carbocycles. The summed E-state index contributed by atoms with van der Waals surface area (Å²) in [4.78, 5) is 25.2. The summed E-state index contributed by atoms with van der Waals surface area (Å²) in [5.41, 5.74) is 0.938. The van der Waals surface area contributed by atoms with Crippen LogP contribution in [0.4, 0.5) is 5.00 Å². The van der Waals surface area contributed by atoms with Crippen molar-refractivity contribution >= 4 is 33.8 Å². The van der Waals surface area contributed by atoms with Crippen LogP contribution in [-0.2, 0) is 4.74 Å². The fourth-order valence-corrected chi connectivity index (χ4v) is 3.89. The molecule has 0 spiro atoms. The summed E-state index contributed by atoms with van der Waals surface area (Å²) < 4.78 is 5.41. The molecular weight excluding hydrogens is 378 g/mol. The largest absolute Gasteiger partial charge is 0.379 e. The molecule has 0 bridgehead atoms. The van der Waals surface area contributed by atoms with E-state index in [9.17, 15) is 14.9 Å². The molecule has 1 saturated heterocycles. The van der Waals surface area contributed by atoms with Crippen molar-refractivity contribution in [2.75, 3.05) is 32.8 Å². The topological polar surface area (TPSA) is 84.7 Å². The predicted molar refractivity (Wildman–Crippen MR) is 99.9 cm³/mol. The number of hydrogen-bond acceptors (Lipinski definition) is 6. The zero-order valence-electron chi connectivity index (χ0n) is 13.9. The van der Waals surface area contributed by atoms with Crippen molar-refractivity contribution in [3.8, 4) is 0 Å². The summed E-state index contributed by atoms with van der Waals surface area (Å²) in [6.45, 7) is 3.11. The molecule has 2 aromatic rings. The van der Waals surface area contributed by atoms with Crippen molar-refractivity contribution in [2.45, 2.75) is 6.04 Å². The Hall–Kier alpha value is -2.00. The van der Waals surface area contributed by atoms with E-state index in [0.717, 1.165) is 30.0 Å². The Bertz CT molecular complexity index is 792. The number of nitrogens with zero attached hydrogens (tertiary/aromatic N) is 2. The van der Waals surface area contributed by atoms with Gasteiger partial charge in [-0.15, -0.1) is 0 Å². The highest BCUT2D eigenvalue weighted by atomic mass is 35.5. The average molecular weight is 396 g/mol. The fraction of sp³-hybridized carbons (Fsp3) is 0.353. The maximum absolute atomic E-state index is 12.4. The molecule has 2 heterocycles. The van der Waals surface area contributed by atoms with Gasteiger partial charge in [-0.25, -0.2) is 0 Å². The number of carbonyl (C=O) groups is 1. The predicted octanol–water partition coefficient (Wildman–Crippen LogP) is 3.11. The third kappa shape index (κ3) is 4.39. The van der Waals surface area contributed by atoms with Gasteiger partial charge in [0.15, 0.2) is 0 Å². The highest BCUT2D eigenvalue weighted by Crippen LogP contribution is 2.28. The number of morpholine rings is 1. The third-order valence-electron chi connectivity index (χ3n) is 4.20. The SMILES string of the molecule is O=C(NCC(c1ccccc1Cl)N1CCOCC1)c1ccc([N+](=O)[O-])s1. The second kappa shape index (κ2) is 8.59. The minimum Gasteiger partial charge on any atom is -0.379 e. The first kappa shape index (κ1) is 18.8. The molecule has 0 aliphatic carbocycles. The van der Waals surface area contributed by atoms with Crippen molar-refractivity contribution in [3.05, 3.63) is 62.0 Å². The molecule has 26 heavy (non-hydrogen) atoms. The molecule has 1 amide bonds. The Balaban J connectivity index is 1.73. The number of halogens is 1. The standard InChI is InChI=1S/C17H18ClN3O4S/c18-13-4-2-1-3-12(13)14(20-7-9-25-10-8-20)11-19-17(22)15-5-6-16(26-15)21(23)24/h1-6,14H,7-11H2,(H,19,22). The zero-order valence-corrected chi connectivity index (χ0v) is 15.5. The number of rotatable bonds is 6. The Morgan fingerprint density at radius 3 is 2.69 bits per heavy atom. The van der Waals surface area contributed by atoms with E-state index in [2.05, 4.69) is 10.2 Å². The van der Waals surface area contributed by atoms with Crippen LogP contribution in [-0.4, -0.2) is 48.6 Å². The molecule has 1 aromatic heterocycles. The van der Waals surface area contributed by atoms with E-state index in [-0.39, 0.29) is 17.0 Å². The van der Waals surface area contributed by atoms with Crippen LogP contribution in [0.5, 0.6) is 0 Å². The molecule has 9 heteroatoms. The van der Waals surface area contributed by atoms with Crippen LogP contribution in [0.1, 0.15) is 21.3 Å². The zero-order chi connectivity index (χ0) is 18.5. The lowest BCUT2D eigenvalue weighted by molar-refractivity contribution is -0.380. The van der Waals surface area contributed by atoms with E-state index < -0.39 is 4.92 Å². The van der Waals surface area contributed by atoms with E-state index in [4.69, 9.17) is 16.3 Å². The Labute approximate surface area is 159 Å². The van der Waals surface area contributed by atoms with Gasteiger partial charge in [-0.2, -0.15) is 0 Å². The maximum atomic E-state index is 12.4. The van der Waals surface area contributed by atoms with Crippen molar-refractivity contribution in [2.24, 2.45) is 0 Å². The first-order valence-corrected chi connectivity index (χ1v) is 9.34. The van der Waals surface area contributed by atoms with Crippen molar-refractivity contribution in [1.82, 2.24) is 10.2 Å². The first-order valence-electron chi connectivity index (χ1n) is 8.15.